The highest BCUT2D eigenvalue weighted by Crippen LogP contribution is 2.40. The van der Waals surface area contributed by atoms with Gasteiger partial charge in [0.2, 0.25) is 0 Å². The Labute approximate surface area is 151 Å². The molecule has 2 aliphatic rings. The van der Waals surface area contributed by atoms with E-state index in [1.165, 1.54) is 5.56 Å². The van der Waals surface area contributed by atoms with Gasteiger partial charge in [0, 0.05) is 19.4 Å². The van der Waals surface area contributed by atoms with Crippen molar-refractivity contribution in [2.45, 2.75) is 82.4 Å². The molecule has 3 rings (SSSR count). The Balaban J connectivity index is 1.32. The second kappa shape index (κ2) is 9.67. The quantitative estimate of drug-likeness (QED) is 0.715. The van der Waals surface area contributed by atoms with E-state index in [4.69, 9.17) is 14.2 Å². The van der Waals surface area contributed by atoms with Crippen LogP contribution in [0, 0.1) is 0 Å². The molecule has 1 aromatic rings. The fraction of sp³-hybridized carbons (Fsp3) is 0.714. The summed E-state index contributed by atoms with van der Waals surface area (Å²) < 4.78 is 18.2. The van der Waals surface area contributed by atoms with Crippen LogP contribution in [0.5, 0.6) is 0 Å². The first kappa shape index (κ1) is 18.8. The van der Waals surface area contributed by atoms with Gasteiger partial charge >= 0.3 is 0 Å². The van der Waals surface area contributed by atoms with Crippen molar-refractivity contribution in [2.75, 3.05) is 13.2 Å². The summed E-state index contributed by atoms with van der Waals surface area (Å²) in [7, 11) is 0. The lowest BCUT2D eigenvalue weighted by molar-refractivity contribution is -0.318. The zero-order valence-electron chi connectivity index (χ0n) is 15.2. The second-order valence-corrected chi connectivity index (χ2v) is 7.39. The molecule has 0 bridgehead atoms. The molecule has 0 unspecified atom stereocenters. The van der Waals surface area contributed by atoms with E-state index in [-0.39, 0.29) is 12.7 Å². The molecule has 1 N–H and O–H groups in total. The van der Waals surface area contributed by atoms with Crippen LogP contribution in [0.3, 0.4) is 0 Å². The molecule has 1 spiro atoms. The normalized spacial score (nSPS) is 29.8. The fourth-order valence-electron chi connectivity index (χ4n) is 3.98. The van der Waals surface area contributed by atoms with E-state index in [1.807, 2.05) is 18.2 Å². The molecule has 2 heterocycles. The third-order valence-electron chi connectivity index (χ3n) is 5.31. The summed E-state index contributed by atoms with van der Waals surface area (Å²) in [6.07, 6.45) is 9.78. The van der Waals surface area contributed by atoms with Gasteiger partial charge in [0.15, 0.2) is 5.79 Å². The molecule has 4 nitrogen and oxygen atoms in total. The number of benzene rings is 1. The van der Waals surface area contributed by atoms with Crippen molar-refractivity contribution in [3.8, 4) is 0 Å². The summed E-state index contributed by atoms with van der Waals surface area (Å²) >= 11 is 0. The highest BCUT2D eigenvalue weighted by molar-refractivity contribution is 5.13. The molecule has 1 aromatic carbocycles. The highest BCUT2D eigenvalue weighted by Gasteiger charge is 2.42. The van der Waals surface area contributed by atoms with E-state index in [0.717, 1.165) is 64.4 Å². The molecule has 140 valence electrons. The Morgan fingerprint density at radius 1 is 1.00 bits per heavy atom. The SMILES string of the molecule is OC[C@@H]1CCC[C@]2(CCC[C@@H](CCCCOCc3ccccc3)O2)O1. The maximum Gasteiger partial charge on any atom is 0.169 e. The van der Waals surface area contributed by atoms with Crippen LogP contribution in [0.4, 0.5) is 0 Å². The van der Waals surface area contributed by atoms with E-state index >= 15 is 0 Å². The minimum absolute atomic E-state index is 0.0427. The van der Waals surface area contributed by atoms with Crippen LogP contribution in [0.25, 0.3) is 0 Å². The first-order valence-corrected chi connectivity index (χ1v) is 9.88. The van der Waals surface area contributed by atoms with E-state index < -0.39 is 5.79 Å². The van der Waals surface area contributed by atoms with E-state index in [0.29, 0.717) is 12.7 Å². The molecule has 4 heteroatoms. The lowest BCUT2D eigenvalue weighted by atomic mass is 9.91. The molecular weight excluding hydrogens is 316 g/mol. The molecule has 0 saturated carbocycles. The van der Waals surface area contributed by atoms with Gasteiger partial charge in [0.05, 0.1) is 25.4 Å². The van der Waals surface area contributed by atoms with Gasteiger partial charge in [-0.2, -0.15) is 0 Å². The summed E-state index contributed by atoms with van der Waals surface area (Å²) in [5.41, 5.74) is 1.23. The third kappa shape index (κ3) is 5.78. The van der Waals surface area contributed by atoms with E-state index in [9.17, 15) is 5.11 Å². The van der Waals surface area contributed by atoms with Gasteiger partial charge in [-0.15, -0.1) is 0 Å². The van der Waals surface area contributed by atoms with Gasteiger partial charge in [-0.3, -0.25) is 0 Å². The Bertz CT molecular complexity index is 488. The van der Waals surface area contributed by atoms with Crippen LogP contribution < -0.4 is 0 Å². The van der Waals surface area contributed by atoms with Crippen molar-refractivity contribution < 1.29 is 19.3 Å². The lowest BCUT2D eigenvalue weighted by Gasteiger charge is -2.45. The summed E-state index contributed by atoms with van der Waals surface area (Å²) in [5, 5.41) is 9.38. The van der Waals surface area contributed by atoms with Crippen LogP contribution in [-0.4, -0.2) is 36.3 Å². The number of hydrogen-bond donors (Lipinski definition) is 1. The molecule has 0 aromatic heterocycles. The summed E-state index contributed by atoms with van der Waals surface area (Å²) in [6, 6.07) is 10.3. The summed E-state index contributed by atoms with van der Waals surface area (Å²) in [4.78, 5) is 0. The number of aliphatic hydroxyl groups excluding tert-OH is 1. The van der Waals surface area contributed by atoms with Crippen LogP contribution in [0.1, 0.15) is 63.4 Å². The van der Waals surface area contributed by atoms with E-state index in [2.05, 4.69) is 12.1 Å². The summed E-state index contributed by atoms with van der Waals surface area (Å²) in [6.45, 7) is 1.60. The fourth-order valence-corrected chi connectivity index (χ4v) is 3.98. The van der Waals surface area contributed by atoms with Crippen LogP contribution in [-0.2, 0) is 20.8 Å². The summed E-state index contributed by atoms with van der Waals surface area (Å²) in [5.74, 6) is -0.418. The second-order valence-electron chi connectivity index (χ2n) is 7.39. The van der Waals surface area contributed by atoms with Crippen molar-refractivity contribution in [1.82, 2.24) is 0 Å². The first-order chi connectivity index (χ1) is 12.3. The van der Waals surface area contributed by atoms with Crippen molar-refractivity contribution >= 4 is 0 Å². The lowest BCUT2D eigenvalue weighted by Crippen LogP contribution is -2.48. The maximum absolute atomic E-state index is 9.38. The van der Waals surface area contributed by atoms with Crippen LogP contribution >= 0.6 is 0 Å². The number of aliphatic hydroxyl groups is 1. The molecule has 3 atom stereocenters. The van der Waals surface area contributed by atoms with Gasteiger partial charge in [0.1, 0.15) is 0 Å². The molecule has 2 saturated heterocycles. The van der Waals surface area contributed by atoms with Crippen LogP contribution in [0.15, 0.2) is 30.3 Å². The number of unbranched alkanes of at least 4 members (excludes halogenated alkanes) is 1. The number of ether oxygens (including phenoxy) is 3. The number of rotatable bonds is 8. The zero-order valence-corrected chi connectivity index (χ0v) is 15.2. The molecule has 2 fully saturated rings. The standard InChI is InChI=1S/C21H32O4/c22-16-20-12-7-14-21(25-20)13-6-11-19(24-21)10-4-5-15-23-17-18-8-2-1-3-9-18/h1-3,8-9,19-20,22H,4-7,10-17H2/t19-,20+,21+/m1/s1. The smallest absolute Gasteiger partial charge is 0.169 e. The predicted molar refractivity (Wildman–Crippen MR) is 97.2 cm³/mol. The minimum atomic E-state index is -0.418. The number of hydrogen-bond acceptors (Lipinski definition) is 4. The van der Waals surface area contributed by atoms with Crippen molar-refractivity contribution in [3.05, 3.63) is 35.9 Å². The maximum atomic E-state index is 9.38. The average molecular weight is 348 g/mol. The van der Waals surface area contributed by atoms with Gasteiger partial charge < -0.3 is 19.3 Å². The average Bonchev–Trinajstić information content (AvgIpc) is 2.65. The van der Waals surface area contributed by atoms with Gasteiger partial charge in [-0.05, 0) is 50.5 Å². The van der Waals surface area contributed by atoms with Crippen molar-refractivity contribution in [2.24, 2.45) is 0 Å². The predicted octanol–water partition coefficient (Wildman–Crippen LogP) is 4.20. The highest BCUT2D eigenvalue weighted by atomic mass is 16.7. The van der Waals surface area contributed by atoms with Crippen molar-refractivity contribution in [1.29, 1.82) is 0 Å². The Kier molecular flexibility index (Phi) is 7.29. The minimum Gasteiger partial charge on any atom is -0.394 e. The van der Waals surface area contributed by atoms with Crippen molar-refractivity contribution in [3.63, 3.8) is 0 Å². The molecule has 0 radical (unpaired) electrons. The third-order valence-corrected chi connectivity index (χ3v) is 5.31. The topological polar surface area (TPSA) is 47.9 Å². The zero-order chi connectivity index (χ0) is 17.4. The Morgan fingerprint density at radius 3 is 2.48 bits per heavy atom. The molecule has 2 aliphatic heterocycles. The molecule has 0 amide bonds. The van der Waals surface area contributed by atoms with Crippen LogP contribution in [0.2, 0.25) is 0 Å². The van der Waals surface area contributed by atoms with E-state index in [1.54, 1.807) is 0 Å². The molecule has 0 aliphatic carbocycles. The largest absolute Gasteiger partial charge is 0.394 e. The molecule has 25 heavy (non-hydrogen) atoms. The Morgan fingerprint density at radius 2 is 1.72 bits per heavy atom. The van der Waals surface area contributed by atoms with Gasteiger partial charge in [-0.25, -0.2) is 0 Å². The first-order valence-electron chi connectivity index (χ1n) is 9.88. The van der Waals surface area contributed by atoms with Gasteiger partial charge in [0.25, 0.3) is 0 Å². The Hall–Kier alpha value is -0.940. The monoisotopic (exact) mass is 348 g/mol. The molecular formula is C21H32O4. The van der Waals surface area contributed by atoms with Gasteiger partial charge in [-0.1, -0.05) is 30.3 Å².